The van der Waals surface area contributed by atoms with E-state index in [1.807, 2.05) is 48.5 Å². The zero-order valence-corrected chi connectivity index (χ0v) is 15.2. The van der Waals surface area contributed by atoms with Gasteiger partial charge >= 0.3 is 0 Å². The molecule has 1 aromatic heterocycles. The Morgan fingerprint density at radius 2 is 1.71 bits per heavy atom. The van der Waals surface area contributed by atoms with Crippen LogP contribution in [0.1, 0.15) is 23.0 Å². The quantitative estimate of drug-likeness (QED) is 0.587. The predicted octanol–water partition coefficient (Wildman–Crippen LogP) is 3.54. The molecule has 7 heteroatoms. The van der Waals surface area contributed by atoms with Crippen molar-refractivity contribution in [2.45, 2.75) is 13.5 Å². The molecule has 0 radical (unpaired) electrons. The molecule has 0 spiro atoms. The highest BCUT2D eigenvalue weighted by Gasteiger charge is 2.08. The van der Waals surface area contributed by atoms with E-state index in [0.717, 1.165) is 16.8 Å². The minimum absolute atomic E-state index is 0.122. The molecular formula is C21H20N2O5. The van der Waals surface area contributed by atoms with E-state index in [2.05, 4.69) is 10.6 Å². The maximum atomic E-state index is 12.3. The molecule has 28 heavy (non-hydrogen) atoms. The molecule has 0 saturated heterocycles. The van der Waals surface area contributed by atoms with Gasteiger partial charge in [0.05, 0.1) is 12.8 Å². The van der Waals surface area contributed by atoms with Crippen molar-refractivity contribution in [3.63, 3.8) is 0 Å². The van der Waals surface area contributed by atoms with Crippen molar-refractivity contribution < 1.29 is 23.9 Å². The first-order chi connectivity index (χ1) is 13.5. The van der Waals surface area contributed by atoms with E-state index < -0.39 is 0 Å². The third-order valence-corrected chi connectivity index (χ3v) is 3.64. The second kappa shape index (κ2) is 10.3. The zero-order valence-electron chi connectivity index (χ0n) is 15.2. The highest BCUT2D eigenvalue weighted by Crippen LogP contribution is 2.23. The molecule has 0 saturated carbocycles. The second-order valence-electron chi connectivity index (χ2n) is 5.71. The Kier molecular flexibility index (Phi) is 7.53. The molecule has 0 fully saturated rings. The molecule has 1 heterocycles. The summed E-state index contributed by atoms with van der Waals surface area (Å²) in [6.45, 7) is 1.56. The van der Waals surface area contributed by atoms with Crippen LogP contribution in [0.4, 0.5) is 5.69 Å². The molecule has 0 aliphatic heterocycles. The van der Waals surface area contributed by atoms with Crippen molar-refractivity contribution in [1.82, 2.24) is 5.32 Å². The molecule has 144 valence electrons. The van der Waals surface area contributed by atoms with Crippen molar-refractivity contribution in [2.24, 2.45) is 0 Å². The highest BCUT2D eigenvalue weighted by molar-refractivity contribution is 5.95. The van der Waals surface area contributed by atoms with E-state index in [-0.39, 0.29) is 18.3 Å². The van der Waals surface area contributed by atoms with Crippen LogP contribution < -0.4 is 10.6 Å². The van der Waals surface area contributed by atoms with Crippen molar-refractivity contribution in [1.29, 1.82) is 0 Å². The van der Waals surface area contributed by atoms with Gasteiger partial charge in [-0.15, -0.1) is 0 Å². The van der Waals surface area contributed by atoms with Crippen LogP contribution in [0, 0.1) is 0 Å². The van der Waals surface area contributed by atoms with Crippen molar-refractivity contribution in [2.75, 3.05) is 5.32 Å². The molecule has 0 unspecified atom stereocenters. The smallest absolute Gasteiger partial charge is 0.290 e. The Balaban J connectivity index is 0.000000878. The monoisotopic (exact) mass is 380 g/mol. The number of rotatable bonds is 5. The molecule has 3 rings (SSSR count). The van der Waals surface area contributed by atoms with Gasteiger partial charge in [-0.05, 0) is 47.5 Å². The maximum absolute atomic E-state index is 12.3. The molecule has 2 amide bonds. The lowest BCUT2D eigenvalue weighted by molar-refractivity contribution is -0.123. The number of carboxylic acid groups (broad SMARTS) is 1. The summed E-state index contributed by atoms with van der Waals surface area (Å²) in [6, 6.07) is 18.4. The van der Waals surface area contributed by atoms with Crippen LogP contribution in [0.5, 0.6) is 0 Å². The Bertz CT molecular complexity index is 935. The van der Waals surface area contributed by atoms with Gasteiger partial charge in [-0.25, -0.2) is 0 Å². The summed E-state index contributed by atoms with van der Waals surface area (Å²) in [6.07, 6.45) is 1.57. The van der Waals surface area contributed by atoms with E-state index in [0.29, 0.717) is 17.9 Å². The predicted molar refractivity (Wildman–Crippen MR) is 105 cm³/mol. The van der Waals surface area contributed by atoms with Crippen LogP contribution in [0.25, 0.3) is 11.1 Å². The molecule has 3 aromatic rings. The molecule has 7 nitrogen and oxygen atoms in total. The molecule has 0 bridgehead atoms. The molecule has 0 atom stereocenters. The lowest BCUT2D eigenvalue weighted by atomic mass is 10.0. The first kappa shape index (κ1) is 20.4. The highest BCUT2D eigenvalue weighted by atomic mass is 16.3. The summed E-state index contributed by atoms with van der Waals surface area (Å²) in [7, 11) is 0. The van der Waals surface area contributed by atoms with Crippen LogP contribution in [0.3, 0.4) is 0 Å². The van der Waals surface area contributed by atoms with Gasteiger partial charge in [0, 0.05) is 18.2 Å². The fourth-order valence-corrected chi connectivity index (χ4v) is 2.50. The lowest BCUT2D eigenvalue weighted by Crippen LogP contribution is -2.22. The van der Waals surface area contributed by atoms with Crippen molar-refractivity contribution >= 4 is 24.0 Å². The van der Waals surface area contributed by atoms with Crippen LogP contribution in [-0.4, -0.2) is 23.4 Å². The third-order valence-electron chi connectivity index (χ3n) is 3.64. The first-order valence-electron chi connectivity index (χ1n) is 8.40. The lowest BCUT2D eigenvalue weighted by Gasteiger charge is -2.08. The number of nitrogens with one attached hydrogen (secondary N) is 2. The maximum Gasteiger partial charge on any atom is 0.290 e. The van der Waals surface area contributed by atoms with Gasteiger partial charge < -0.3 is 20.2 Å². The Morgan fingerprint density at radius 3 is 2.36 bits per heavy atom. The molecule has 2 aromatic carbocycles. The standard InChI is InChI=1S/C20H18N2O3.CH2O2/c1-14(23)22-18-8-3-6-16(12-18)15-5-2-7-17(11-15)20(24)21-13-19-9-4-10-25-19;2-1-3/h2-12H,13H2,1H3,(H,21,24)(H,22,23);1H,(H,2,3). The molecular weight excluding hydrogens is 360 g/mol. The van der Waals surface area contributed by atoms with E-state index in [1.54, 1.807) is 18.4 Å². The number of benzene rings is 2. The second-order valence-corrected chi connectivity index (χ2v) is 5.71. The van der Waals surface area contributed by atoms with Gasteiger partial charge in [-0.2, -0.15) is 0 Å². The fraction of sp³-hybridized carbons (Fsp3) is 0.0952. The first-order valence-corrected chi connectivity index (χ1v) is 8.40. The number of amides is 2. The minimum Gasteiger partial charge on any atom is -0.483 e. The number of carbonyl (C=O) groups is 3. The van der Waals surface area contributed by atoms with Crippen LogP contribution in [0.15, 0.2) is 71.3 Å². The van der Waals surface area contributed by atoms with Gasteiger partial charge in [0.2, 0.25) is 5.91 Å². The number of anilines is 1. The van der Waals surface area contributed by atoms with Crippen molar-refractivity contribution in [3.05, 3.63) is 78.3 Å². The summed E-state index contributed by atoms with van der Waals surface area (Å²) in [4.78, 5) is 31.9. The normalized spacial score (nSPS) is 9.61. The van der Waals surface area contributed by atoms with Gasteiger partial charge in [-0.3, -0.25) is 14.4 Å². The number of hydrogen-bond acceptors (Lipinski definition) is 4. The van der Waals surface area contributed by atoms with E-state index in [4.69, 9.17) is 14.3 Å². The topological polar surface area (TPSA) is 109 Å². The van der Waals surface area contributed by atoms with E-state index >= 15 is 0 Å². The zero-order chi connectivity index (χ0) is 20.4. The van der Waals surface area contributed by atoms with E-state index in [9.17, 15) is 9.59 Å². The summed E-state index contributed by atoms with van der Waals surface area (Å²) in [5, 5.41) is 12.5. The number of carbonyl (C=O) groups excluding carboxylic acids is 2. The van der Waals surface area contributed by atoms with Crippen molar-refractivity contribution in [3.8, 4) is 11.1 Å². The molecule has 0 aliphatic carbocycles. The third kappa shape index (κ3) is 6.14. The number of furan rings is 1. The Hall–Kier alpha value is -3.87. The largest absolute Gasteiger partial charge is 0.483 e. The fourth-order valence-electron chi connectivity index (χ4n) is 2.50. The van der Waals surface area contributed by atoms with Crippen LogP contribution >= 0.6 is 0 Å². The number of hydrogen-bond donors (Lipinski definition) is 3. The summed E-state index contributed by atoms with van der Waals surface area (Å²) in [5.41, 5.74) is 3.11. The summed E-state index contributed by atoms with van der Waals surface area (Å²) >= 11 is 0. The summed E-state index contributed by atoms with van der Waals surface area (Å²) < 4.78 is 5.21. The minimum atomic E-state index is -0.250. The van der Waals surface area contributed by atoms with Gasteiger partial charge in [0.15, 0.2) is 0 Å². The van der Waals surface area contributed by atoms with Gasteiger partial charge in [-0.1, -0.05) is 24.3 Å². The molecule has 0 aliphatic rings. The van der Waals surface area contributed by atoms with Crippen LogP contribution in [-0.2, 0) is 16.1 Å². The average Bonchev–Trinajstić information content (AvgIpc) is 3.20. The average molecular weight is 380 g/mol. The van der Waals surface area contributed by atoms with Gasteiger partial charge in [0.1, 0.15) is 5.76 Å². The Morgan fingerprint density at radius 1 is 1.04 bits per heavy atom. The molecule has 3 N–H and O–H groups in total. The SMILES string of the molecule is CC(=O)Nc1cccc(-c2cccc(C(=O)NCc3ccco3)c2)c1.O=CO. The summed E-state index contributed by atoms with van der Waals surface area (Å²) in [5.74, 6) is 0.409. The van der Waals surface area contributed by atoms with Gasteiger partial charge in [0.25, 0.3) is 12.4 Å². The van der Waals surface area contributed by atoms with E-state index in [1.165, 1.54) is 6.92 Å². The Labute approximate surface area is 162 Å². The van der Waals surface area contributed by atoms with Crippen LogP contribution in [0.2, 0.25) is 0 Å².